The zero-order chi connectivity index (χ0) is 15.0. The minimum Gasteiger partial charge on any atom is -0.464 e. The Kier molecular flexibility index (Phi) is 7.04. The molecule has 1 aromatic carbocycles. The molecule has 0 N–H and O–H groups in total. The number of hydrogen-bond donors (Lipinski definition) is 0. The van der Waals surface area contributed by atoms with Gasteiger partial charge in [-0.15, -0.1) is 0 Å². The van der Waals surface area contributed by atoms with E-state index in [2.05, 4.69) is 0 Å². The van der Waals surface area contributed by atoms with Crippen LogP contribution in [0, 0.1) is 6.92 Å². The van der Waals surface area contributed by atoms with E-state index in [4.69, 9.17) is 25.8 Å². The van der Waals surface area contributed by atoms with Crippen LogP contribution in [0.15, 0.2) is 18.2 Å². The summed E-state index contributed by atoms with van der Waals surface area (Å²) in [6.45, 7) is 3.42. The molecular weight excluding hydrogens is 284 g/mol. The molecule has 1 rings (SSSR count). The summed E-state index contributed by atoms with van der Waals surface area (Å²) < 4.78 is 14.8. The van der Waals surface area contributed by atoms with Crippen molar-refractivity contribution in [1.82, 2.24) is 0 Å². The van der Waals surface area contributed by atoms with E-state index < -0.39 is 11.9 Å². The second kappa shape index (κ2) is 8.55. The van der Waals surface area contributed by atoms with Crippen molar-refractivity contribution in [2.45, 2.75) is 20.3 Å². The lowest BCUT2D eigenvalue weighted by atomic mass is 10.2. The minimum absolute atomic E-state index is 0.269. The van der Waals surface area contributed by atoms with Crippen LogP contribution in [-0.4, -0.2) is 31.8 Å². The van der Waals surface area contributed by atoms with Crippen molar-refractivity contribution in [2.24, 2.45) is 0 Å². The van der Waals surface area contributed by atoms with Gasteiger partial charge in [0.1, 0.15) is 19.0 Å². The van der Waals surface area contributed by atoms with Crippen LogP contribution in [0.5, 0.6) is 5.75 Å². The summed E-state index contributed by atoms with van der Waals surface area (Å²) in [5.74, 6) is -0.669. The number of carbonyl (C=O) groups excluding carboxylic acids is 2. The third-order valence-electron chi connectivity index (χ3n) is 2.27. The van der Waals surface area contributed by atoms with E-state index in [0.29, 0.717) is 17.4 Å². The third kappa shape index (κ3) is 6.04. The first-order valence-electron chi connectivity index (χ1n) is 6.23. The van der Waals surface area contributed by atoms with Gasteiger partial charge < -0.3 is 14.2 Å². The van der Waals surface area contributed by atoms with Gasteiger partial charge in [-0.1, -0.05) is 18.5 Å². The summed E-state index contributed by atoms with van der Waals surface area (Å²) in [6.07, 6.45) is 0.740. The van der Waals surface area contributed by atoms with Gasteiger partial charge in [-0.05, 0) is 37.1 Å². The van der Waals surface area contributed by atoms with Crippen LogP contribution in [0.4, 0.5) is 0 Å². The van der Waals surface area contributed by atoms with E-state index in [1.165, 1.54) is 0 Å². The average molecular weight is 301 g/mol. The highest BCUT2D eigenvalue weighted by Gasteiger charge is 2.10. The monoisotopic (exact) mass is 300 g/mol. The topological polar surface area (TPSA) is 61.8 Å². The molecule has 0 unspecified atom stereocenters. The maximum Gasteiger partial charge on any atom is 0.337 e. The van der Waals surface area contributed by atoms with Crippen molar-refractivity contribution >= 4 is 23.5 Å². The normalized spacial score (nSPS) is 10.2. The molecule has 110 valence electrons. The predicted molar refractivity (Wildman–Crippen MR) is 73.9 cm³/mol. The van der Waals surface area contributed by atoms with Gasteiger partial charge in [0.2, 0.25) is 0 Å². The van der Waals surface area contributed by atoms with Gasteiger partial charge in [0.05, 0.1) is 6.61 Å². The number of halogens is 1. The Labute approximate surface area is 122 Å². The van der Waals surface area contributed by atoms with Gasteiger partial charge >= 0.3 is 11.9 Å². The molecule has 1 aromatic rings. The molecule has 0 heterocycles. The number of carbonyl (C=O) groups is 2. The van der Waals surface area contributed by atoms with Crippen molar-refractivity contribution < 1.29 is 23.8 Å². The van der Waals surface area contributed by atoms with E-state index in [1.54, 1.807) is 25.1 Å². The number of ether oxygens (including phenoxy) is 3. The molecule has 0 amide bonds. The first kappa shape index (κ1) is 16.5. The van der Waals surface area contributed by atoms with Gasteiger partial charge in [0, 0.05) is 5.02 Å². The number of esters is 2. The zero-order valence-electron chi connectivity index (χ0n) is 11.5. The molecule has 0 spiro atoms. The molecule has 5 nitrogen and oxygen atoms in total. The van der Waals surface area contributed by atoms with Crippen LogP contribution in [0.1, 0.15) is 18.9 Å². The Morgan fingerprint density at radius 1 is 1.20 bits per heavy atom. The maximum atomic E-state index is 11.5. The molecule has 0 fully saturated rings. The largest absolute Gasteiger partial charge is 0.464 e. The van der Waals surface area contributed by atoms with Gasteiger partial charge in [-0.3, -0.25) is 0 Å². The smallest absolute Gasteiger partial charge is 0.337 e. The second-order valence-corrected chi connectivity index (χ2v) is 4.53. The summed E-state index contributed by atoms with van der Waals surface area (Å²) in [6, 6.07) is 4.92. The fourth-order valence-corrected chi connectivity index (χ4v) is 1.58. The highest BCUT2D eigenvalue weighted by Crippen LogP contribution is 2.21. The fourth-order valence-electron chi connectivity index (χ4n) is 1.35. The van der Waals surface area contributed by atoms with Crippen molar-refractivity contribution in [3.05, 3.63) is 28.8 Å². The lowest BCUT2D eigenvalue weighted by Crippen LogP contribution is -2.20. The lowest BCUT2D eigenvalue weighted by Gasteiger charge is -2.08. The molecule has 0 atom stereocenters. The van der Waals surface area contributed by atoms with Crippen molar-refractivity contribution in [3.8, 4) is 5.75 Å². The SMILES string of the molecule is CCCOC(=O)COCC(=O)Oc1ccc(Cl)cc1C. The van der Waals surface area contributed by atoms with Crippen molar-refractivity contribution in [1.29, 1.82) is 0 Å². The maximum absolute atomic E-state index is 11.5. The Morgan fingerprint density at radius 3 is 2.55 bits per heavy atom. The molecule has 0 aromatic heterocycles. The summed E-state index contributed by atoms with van der Waals surface area (Å²) >= 11 is 5.80. The summed E-state index contributed by atoms with van der Waals surface area (Å²) in [7, 11) is 0. The van der Waals surface area contributed by atoms with Crippen LogP contribution < -0.4 is 4.74 Å². The first-order valence-corrected chi connectivity index (χ1v) is 6.61. The molecule has 0 radical (unpaired) electrons. The minimum atomic E-state index is -0.585. The molecule has 0 bridgehead atoms. The lowest BCUT2D eigenvalue weighted by molar-refractivity contribution is -0.151. The van der Waals surface area contributed by atoms with Crippen LogP contribution in [0.3, 0.4) is 0 Å². The molecule has 0 saturated heterocycles. The highest BCUT2D eigenvalue weighted by atomic mass is 35.5. The van der Waals surface area contributed by atoms with E-state index >= 15 is 0 Å². The Morgan fingerprint density at radius 2 is 1.90 bits per heavy atom. The molecule has 0 aliphatic heterocycles. The summed E-state index contributed by atoms with van der Waals surface area (Å²) in [5.41, 5.74) is 0.744. The van der Waals surface area contributed by atoms with Crippen LogP contribution >= 0.6 is 11.6 Å². The quantitative estimate of drug-likeness (QED) is 0.572. The highest BCUT2D eigenvalue weighted by molar-refractivity contribution is 6.30. The zero-order valence-corrected chi connectivity index (χ0v) is 12.2. The van der Waals surface area contributed by atoms with Gasteiger partial charge in [-0.25, -0.2) is 9.59 Å². The standard InChI is InChI=1S/C14H17ClO5/c1-3-6-19-13(16)8-18-9-14(17)20-12-5-4-11(15)7-10(12)2/h4-5,7H,3,6,8-9H2,1-2H3. The molecule has 20 heavy (non-hydrogen) atoms. The fraction of sp³-hybridized carbons (Fsp3) is 0.429. The summed E-state index contributed by atoms with van der Waals surface area (Å²) in [5, 5.41) is 0.567. The second-order valence-electron chi connectivity index (χ2n) is 4.10. The number of benzene rings is 1. The number of rotatable bonds is 7. The number of hydrogen-bond acceptors (Lipinski definition) is 5. The van der Waals surface area contributed by atoms with Gasteiger partial charge in [0.15, 0.2) is 0 Å². The van der Waals surface area contributed by atoms with E-state index in [-0.39, 0.29) is 13.2 Å². The Hall–Kier alpha value is -1.59. The molecule has 0 aliphatic carbocycles. The Balaban J connectivity index is 2.31. The van der Waals surface area contributed by atoms with Crippen molar-refractivity contribution in [2.75, 3.05) is 19.8 Å². The third-order valence-corrected chi connectivity index (χ3v) is 2.50. The Bertz CT molecular complexity index is 473. The van der Waals surface area contributed by atoms with Gasteiger partial charge in [0.25, 0.3) is 0 Å². The van der Waals surface area contributed by atoms with Crippen LogP contribution in [-0.2, 0) is 19.1 Å². The van der Waals surface area contributed by atoms with E-state index in [0.717, 1.165) is 12.0 Å². The predicted octanol–water partition coefficient (Wildman–Crippen LogP) is 2.52. The molecular formula is C14H17ClO5. The molecule has 0 saturated carbocycles. The first-order chi connectivity index (χ1) is 9.52. The van der Waals surface area contributed by atoms with Gasteiger partial charge in [-0.2, -0.15) is 0 Å². The molecule has 0 aliphatic rings. The van der Waals surface area contributed by atoms with Crippen molar-refractivity contribution in [3.63, 3.8) is 0 Å². The molecule has 6 heteroatoms. The van der Waals surface area contributed by atoms with E-state index in [1.807, 2.05) is 6.92 Å². The average Bonchev–Trinajstić information content (AvgIpc) is 2.39. The summed E-state index contributed by atoms with van der Waals surface area (Å²) in [4.78, 5) is 22.6. The van der Waals surface area contributed by atoms with Crippen LogP contribution in [0.2, 0.25) is 5.02 Å². The number of aryl methyl sites for hydroxylation is 1. The van der Waals surface area contributed by atoms with E-state index in [9.17, 15) is 9.59 Å². The van der Waals surface area contributed by atoms with Crippen LogP contribution in [0.25, 0.3) is 0 Å².